The Labute approximate surface area is 134 Å². The van der Waals surface area contributed by atoms with Crippen LogP contribution in [0.15, 0.2) is 0 Å². The average molecular weight is 331 g/mol. The van der Waals surface area contributed by atoms with E-state index in [0.29, 0.717) is 6.42 Å². The molecule has 0 aromatic rings. The Balaban J connectivity index is 5.00. The lowest BCUT2D eigenvalue weighted by Crippen LogP contribution is -2.56. The van der Waals surface area contributed by atoms with Crippen LogP contribution >= 0.6 is 0 Å². The number of aliphatic carboxylic acids is 2. The van der Waals surface area contributed by atoms with Gasteiger partial charge in [-0.2, -0.15) is 0 Å². The fourth-order valence-electron chi connectivity index (χ4n) is 1.77. The lowest BCUT2D eigenvalue weighted by molar-refractivity contribution is -0.143. The zero-order valence-electron chi connectivity index (χ0n) is 13.5. The van der Waals surface area contributed by atoms with Gasteiger partial charge in [-0.3, -0.25) is 14.4 Å². The summed E-state index contributed by atoms with van der Waals surface area (Å²) < 4.78 is 0. The van der Waals surface area contributed by atoms with Gasteiger partial charge in [0.1, 0.15) is 12.1 Å². The molecule has 0 aliphatic heterocycles. The van der Waals surface area contributed by atoms with Gasteiger partial charge in [-0.15, -0.1) is 0 Å². The minimum absolute atomic E-state index is 0.244. The Morgan fingerprint density at radius 1 is 1.04 bits per heavy atom. The predicted octanol–water partition coefficient (Wildman–Crippen LogP) is -0.701. The van der Waals surface area contributed by atoms with Crippen molar-refractivity contribution in [3.63, 3.8) is 0 Å². The number of rotatable bonds is 10. The van der Waals surface area contributed by atoms with Gasteiger partial charge in [-0.1, -0.05) is 20.3 Å². The van der Waals surface area contributed by atoms with Crippen LogP contribution < -0.4 is 16.4 Å². The molecule has 4 unspecified atom stereocenters. The van der Waals surface area contributed by atoms with Crippen LogP contribution in [0.4, 0.5) is 0 Å². The summed E-state index contributed by atoms with van der Waals surface area (Å²) in [6.07, 6.45) is -0.0630. The molecule has 0 rings (SSSR count). The first-order valence-corrected chi connectivity index (χ1v) is 7.41. The summed E-state index contributed by atoms with van der Waals surface area (Å²) in [7, 11) is 0. The highest BCUT2D eigenvalue weighted by Crippen LogP contribution is 2.09. The van der Waals surface area contributed by atoms with E-state index in [9.17, 15) is 19.2 Å². The molecule has 0 saturated heterocycles. The predicted molar refractivity (Wildman–Crippen MR) is 81.5 cm³/mol. The quantitative estimate of drug-likeness (QED) is 0.354. The molecule has 0 aliphatic rings. The van der Waals surface area contributed by atoms with Crippen molar-refractivity contribution in [1.29, 1.82) is 0 Å². The Morgan fingerprint density at radius 2 is 1.61 bits per heavy atom. The van der Waals surface area contributed by atoms with Crippen molar-refractivity contribution in [3.8, 4) is 0 Å². The molecule has 0 bridgehead atoms. The van der Waals surface area contributed by atoms with Gasteiger partial charge in [0.05, 0.1) is 6.04 Å². The first-order valence-electron chi connectivity index (χ1n) is 7.41. The Bertz CT molecular complexity index is 452. The fourth-order valence-corrected chi connectivity index (χ4v) is 1.77. The van der Waals surface area contributed by atoms with E-state index in [1.165, 1.54) is 6.92 Å². The highest BCUT2D eigenvalue weighted by molar-refractivity contribution is 5.91. The van der Waals surface area contributed by atoms with E-state index in [-0.39, 0.29) is 12.3 Å². The molecule has 0 spiro atoms. The number of nitrogens with one attached hydrogen (secondary N) is 2. The van der Waals surface area contributed by atoms with E-state index in [1.807, 2.05) is 6.92 Å². The molecular formula is C14H25N3O6. The van der Waals surface area contributed by atoms with Gasteiger partial charge in [0.25, 0.3) is 0 Å². The van der Waals surface area contributed by atoms with Crippen molar-refractivity contribution >= 4 is 23.8 Å². The number of nitrogens with two attached hydrogens (primary N) is 1. The summed E-state index contributed by atoms with van der Waals surface area (Å²) in [5.41, 5.74) is 5.45. The van der Waals surface area contributed by atoms with E-state index < -0.39 is 48.3 Å². The van der Waals surface area contributed by atoms with Gasteiger partial charge in [-0.25, -0.2) is 4.79 Å². The molecule has 0 aromatic heterocycles. The maximum atomic E-state index is 12.3. The largest absolute Gasteiger partial charge is 0.481 e. The normalized spacial score (nSPS) is 15.8. The standard InChI is InChI=1S/C14H25N3O6/c1-4-7(2)11(17-12(20)8(3)15)13(21)16-9(14(22)23)5-6-10(18)19/h7-9,11H,4-6,15H2,1-3H3,(H,16,21)(H,17,20)(H,18,19)(H,22,23). The molecule has 6 N–H and O–H groups in total. The van der Waals surface area contributed by atoms with E-state index >= 15 is 0 Å². The summed E-state index contributed by atoms with van der Waals surface area (Å²) in [5, 5.41) is 22.4. The second-order valence-corrected chi connectivity index (χ2v) is 5.49. The number of carboxylic acid groups (broad SMARTS) is 2. The SMILES string of the molecule is CCC(C)C(NC(=O)C(C)N)C(=O)NC(CCC(=O)O)C(=O)O. The van der Waals surface area contributed by atoms with E-state index in [0.717, 1.165) is 0 Å². The van der Waals surface area contributed by atoms with Gasteiger partial charge < -0.3 is 26.6 Å². The van der Waals surface area contributed by atoms with Gasteiger partial charge in [-0.05, 0) is 19.3 Å². The zero-order chi connectivity index (χ0) is 18.2. The monoisotopic (exact) mass is 331 g/mol. The third-order valence-corrected chi connectivity index (χ3v) is 3.47. The van der Waals surface area contributed by atoms with E-state index in [4.69, 9.17) is 15.9 Å². The first kappa shape index (κ1) is 20.8. The van der Waals surface area contributed by atoms with Crippen LogP contribution in [0.2, 0.25) is 0 Å². The molecule has 0 saturated carbocycles. The highest BCUT2D eigenvalue weighted by Gasteiger charge is 2.30. The third kappa shape index (κ3) is 7.59. The second kappa shape index (κ2) is 9.78. The lowest BCUT2D eigenvalue weighted by atomic mass is 9.97. The summed E-state index contributed by atoms with van der Waals surface area (Å²) in [4.78, 5) is 45.7. The Kier molecular flexibility index (Phi) is 8.86. The van der Waals surface area contributed by atoms with Gasteiger partial charge >= 0.3 is 11.9 Å². The van der Waals surface area contributed by atoms with Crippen LogP contribution in [0.1, 0.15) is 40.0 Å². The van der Waals surface area contributed by atoms with Gasteiger partial charge in [0, 0.05) is 6.42 Å². The van der Waals surface area contributed by atoms with E-state index in [1.54, 1.807) is 6.92 Å². The van der Waals surface area contributed by atoms with Crippen molar-refractivity contribution < 1.29 is 29.4 Å². The molecule has 9 nitrogen and oxygen atoms in total. The minimum Gasteiger partial charge on any atom is -0.481 e. The smallest absolute Gasteiger partial charge is 0.326 e. The first-order chi connectivity index (χ1) is 10.6. The number of hydrogen-bond donors (Lipinski definition) is 5. The molecule has 9 heteroatoms. The van der Waals surface area contributed by atoms with Gasteiger partial charge in [0.2, 0.25) is 11.8 Å². The average Bonchev–Trinajstić information content (AvgIpc) is 2.46. The number of carbonyl (C=O) groups excluding carboxylic acids is 2. The van der Waals surface area contributed by atoms with Crippen LogP contribution in [-0.4, -0.2) is 52.1 Å². The van der Waals surface area contributed by atoms with Crippen molar-refractivity contribution in [3.05, 3.63) is 0 Å². The second-order valence-electron chi connectivity index (χ2n) is 5.49. The molecule has 23 heavy (non-hydrogen) atoms. The summed E-state index contributed by atoms with van der Waals surface area (Å²) >= 11 is 0. The van der Waals surface area contributed by atoms with Crippen LogP contribution in [0.3, 0.4) is 0 Å². The molecular weight excluding hydrogens is 306 g/mol. The topological polar surface area (TPSA) is 159 Å². The Morgan fingerprint density at radius 3 is 2.00 bits per heavy atom. The maximum absolute atomic E-state index is 12.3. The van der Waals surface area contributed by atoms with Crippen LogP contribution in [0.5, 0.6) is 0 Å². The maximum Gasteiger partial charge on any atom is 0.326 e. The summed E-state index contributed by atoms with van der Waals surface area (Å²) in [6, 6.07) is -3.08. The lowest BCUT2D eigenvalue weighted by Gasteiger charge is -2.26. The number of amides is 2. The molecule has 0 aromatic carbocycles. The summed E-state index contributed by atoms with van der Waals surface area (Å²) in [6.45, 7) is 5.02. The minimum atomic E-state index is -1.34. The van der Waals surface area contributed by atoms with Crippen molar-refractivity contribution in [1.82, 2.24) is 10.6 Å². The molecule has 0 radical (unpaired) electrons. The molecule has 0 heterocycles. The van der Waals surface area contributed by atoms with Crippen molar-refractivity contribution in [2.24, 2.45) is 11.7 Å². The van der Waals surface area contributed by atoms with Crippen molar-refractivity contribution in [2.45, 2.75) is 58.2 Å². The third-order valence-electron chi connectivity index (χ3n) is 3.47. The van der Waals surface area contributed by atoms with Gasteiger partial charge in [0.15, 0.2) is 0 Å². The fraction of sp³-hybridized carbons (Fsp3) is 0.714. The Hall–Kier alpha value is -2.16. The summed E-state index contributed by atoms with van der Waals surface area (Å²) in [5.74, 6) is -3.93. The molecule has 132 valence electrons. The highest BCUT2D eigenvalue weighted by atomic mass is 16.4. The zero-order valence-corrected chi connectivity index (χ0v) is 13.5. The van der Waals surface area contributed by atoms with E-state index in [2.05, 4.69) is 10.6 Å². The number of hydrogen-bond acceptors (Lipinski definition) is 5. The number of carbonyl (C=O) groups is 4. The van der Waals surface area contributed by atoms with Crippen LogP contribution in [0.25, 0.3) is 0 Å². The molecule has 4 atom stereocenters. The molecule has 2 amide bonds. The van der Waals surface area contributed by atoms with Crippen LogP contribution in [-0.2, 0) is 19.2 Å². The number of carboxylic acids is 2. The van der Waals surface area contributed by atoms with Crippen molar-refractivity contribution in [2.75, 3.05) is 0 Å². The molecule has 0 aliphatic carbocycles. The molecule has 0 fully saturated rings. The van der Waals surface area contributed by atoms with Crippen LogP contribution in [0, 0.1) is 5.92 Å².